The lowest BCUT2D eigenvalue weighted by Crippen LogP contribution is -2.60. The molecule has 538 valence electrons. The van der Waals surface area contributed by atoms with Crippen molar-refractivity contribution in [1.29, 1.82) is 0 Å². The first-order chi connectivity index (χ1) is 46.7. The lowest BCUT2D eigenvalue weighted by Gasteiger charge is -2.39. The molecule has 0 saturated carbocycles. The Morgan fingerprint density at radius 2 is 1.44 bits per heavy atom. The van der Waals surface area contributed by atoms with Crippen LogP contribution in [0.1, 0.15) is 132 Å². The van der Waals surface area contributed by atoms with Crippen LogP contribution >= 0.6 is 11.3 Å². The van der Waals surface area contributed by atoms with E-state index in [1.54, 1.807) is 46.0 Å². The first-order valence-electron chi connectivity index (χ1n) is 33.9. The number of nitrogens with zero attached hydrogens (tertiary/aromatic N) is 7. The van der Waals surface area contributed by atoms with Crippen molar-refractivity contribution in [3.8, 4) is 5.75 Å². The number of aliphatic hydroxyl groups is 4. The molecule has 5 unspecified atom stereocenters. The number of carbonyl (C=O) groups is 10. The molecule has 0 bridgehead atoms. The minimum atomic E-state index is -1.71. The highest BCUT2D eigenvalue weighted by atomic mass is 32.1. The first kappa shape index (κ1) is 77.6. The fourth-order valence-corrected chi connectivity index (χ4v) is 13.5. The number of rotatable bonds is 33. The van der Waals surface area contributed by atoms with Crippen molar-refractivity contribution < 1.29 is 82.6 Å². The fourth-order valence-electron chi connectivity index (χ4n) is 12.7. The van der Waals surface area contributed by atoms with Crippen LogP contribution in [-0.4, -0.2) is 254 Å². The number of hydrogen-bond acceptors (Lipinski definition) is 21. The van der Waals surface area contributed by atoms with Crippen molar-refractivity contribution >= 4 is 70.5 Å². The van der Waals surface area contributed by atoms with Gasteiger partial charge in [-0.1, -0.05) is 83.0 Å². The third-order valence-electron chi connectivity index (χ3n) is 18.9. The van der Waals surface area contributed by atoms with E-state index in [4.69, 9.17) is 24.9 Å². The van der Waals surface area contributed by atoms with Gasteiger partial charge in [-0.3, -0.25) is 57.7 Å². The number of ether oxygens (including phenoxy) is 3. The average molecular weight is 1390 g/mol. The zero-order valence-electron chi connectivity index (χ0n) is 57.4. The van der Waals surface area contributed by atoms with Crippen molar-refractivity contribution in [2.24, 2.45) is 17.6 Å². The Labute approximate surface area is 576 Å². The van der Waals surface area contributed by atoms with Crippen LogP contribution in [0, 0.1) is 11.8 Å². The third-order valence-corrected chi connectivity index (χ3v) is 19.8. The minimum Gasteiger partial charge on any atom is -0.462 e. The first-order valence-corrected chi connectivity index (χ1v) is 34.8. The Kier molecular flexibility index (Phi) is 29.2. The summed E-state index contributed by atoms with van der Waals surface area (Å²) in [6.07, 6.45) is -2.21. The number of piperidine rings is 1. The van der Waals surface area contributed by atoms with E-state index >= 15 is 9.59 Å². The van der Waals surface area contributed by atoms with Crippen LogP contribution in [0.4, 0.5) is 0 Å². The summed E-state index contributed by atoms with van der Waals surface area (Å²) >= 11 is 1.03. The zero-order chi connectivity index (χ0) is 71.5. The maximum Gasteiger partial charge on any atom is 0.303 e. The number of aromatic nitrogens is 1. The van der Waals surface area contributed by atoms with Gasteiger partial charge < -0.3 is 75.9 Å². The van der Waals surface area contributed by atoms with E-state index in [1.807, 2.05) is 57.8 Å². The summed E-state index contributed by atoms with van der Waals surface area (Å²) in [4.78, 5) is 152. The molecule has 3 aromatic rings. The molecule has 7 rings (SSSR count). The molecule has 2 aromatic carbocycles. The monoisotopic (exact) mass is 1390 g/mol. The molecule has 4 aliphatic rings. The number of imide groups is 1. The second-order valence-electron chi connectivity index (χ2n) is 26.2. The lowest BCUT2D eigenvalue weighted by molar-refractivity contribution is -0.277. The molecule has 1 aromatic heterocycles. The summed E-state index contributed by atoms with van der Waals surface area (Å²) in [5, 5.41) is 51.9. The number of likely N-dealkylation sites (tertiary alicyclic amines) is 1. The highest BCUT2D eigenvalue weighted by Gasteiger charge is 2.45. The van der Waals surface area contributed by atoms with Gasteiger partial charge in [0.05, 0.1) is 12.6 Å². The van der Waals surface area contributed by atoms with Crippen molar-refractivity contribution in [1.82, 2.24) is 50.3 Å². The van der Waals surface area contributed by atoms with E-state index in [0.29, 0.717) is 31.2 Å². The van der Waals surface area contributed by atoms with E-state index < -0.39 is 115 Å². The van der Waals surface area contributed by atoms with Gasteiger partial charge in [-0.25, -0.2) is 4.98 Å². The molecule has 29 heteroatoms. The van der Waals surface area contributed by atoms with Gasteiger partial charge in [-0.15, -0.1) is 11.3 Å². The lowest BCUT2D eigenvalue weighted by atomic mass is 9.92. The minimum absolute atomic E-state index is 0.0574. The Morgan fingerprint density at radius 1 is 0.786 bits per heavy atom. The van der Waals surface area contributed by atoms with Crippen LogP contribution in [0.25, 0.3) is 0 Å². The van der Waals surface area contributed by atoms with Crippen LogP contribution in [0.2, 0.25) is 0 Å². The highest BCUT2D eigenvalue weighted by molar-refractivity contribution is 7.09. The van der Waals surface area contributed by atoms with Crippen molar-refractivity contribution in [3.63, 3.8) is 0 Å². The Morgan fingerprint density at radius 3 is 2.06 bits per heavy atom. The average Bonchev–Trinajstić information content (AvgIpc) is 1.07. The molecule has 4 aliphatic heterocycles. The van der Waals surface area contributed by atoms with Crippen molar-refractivity contribution in [2.45, 2.75) is 185 Å². The second-order valence-corrected chi connectivity index (χ2v) is 27.1. The smallest absolute Gasteiger partial charge is 0.303 e. The topological polar surface area (TPSA) is 374 Å². The largest absolute Gasteiger partial charge is 0.462 e. The van der Waals surface area contributed by atoms with Gasteiger partial charge in [0.15, 0.2) is 6.10 Å². The SMILES string of the molecule is CC[C@H](C)[C@H](NC(=O)[C@H]1CCCCN1C)C(=O)N(C)[C@H](C[C@@H](OC(C)=O)c1nc(C(=O)N(C)[C@@H](Cc2ccc(OC3OC(CO)C(O)C(O)C3O)cc2)C(=O)N[C@H](CCCCN)C(=O)N[C@@H](Cc2ccccc2)C(=O)N2CCN(C(=O)CCCN3C(=O)C=CC3=O)CC2)cs1)C(C)C. The Hall–Kier alpha value is -7.77. The number of aliphatic hydroxyl groups excluding tert-OH is 4. The van der Waals surface area contributed by atoms with Crippen molar-refractivity contribution in [3.05, 3.63) is 94.0 Å². The van der Waals surface area contributed by atoms with Crippen LogP contribution in [-0.2, 0) is 65.5 Å². The van der Waals surface area contributed by atoms with E-state index in [2.05, 4.69) is 16.0 Å². The quantitative estimate of drug-likeness (QED) is 0.0241. The normalized spacial score (nSPS) is 21.9. The van der Waals surface area contributed by atoms with E-state index in [-0.39, 0.29) is 130 Å². The second kappa shape index (κ2) is 36.9. The standard InChI is InChI=1S/C69H99N11O17S/c1-9-42(4)58(74-63(90)50-21-14-16-30-75(50)6)68(94)76(7)51(41(2)3)38-53(95-43(5)82)65-73-49(40-98-65)66(92)77(8)52(37-45-23-25-46(26-24-45)96-69-61(88)60(87)59(86)54(39-81)97-69)64(91)71-47(20-13-15-29-70)62(89)72-48(36-44-18-11-10-12-19-44)67(93)79-34-32-78(33-35-79)55(83)22-17-31-80-56(84)27-28-57(80)85/h10-12,18-19,23-28,40-42,47-48,50-54,58-61,69,81,86-88H,9,13-17,20-22,29-39,70H2,1-8H3,(H,71,91)(H,72,89)(H,74,90)/t42-,47+,48-,50+,51+,52-,53+,54?,58-,59?,60?,61?,69?/m0/s1. The molecule has 98 heavy (non-hydrogen) atoms. The zero-order valence-corrected chi connectivity index (χ0v) is 58.2. The number of benzene rings is 2. The summed E-state index contributed by atoms with van der Waals surface area (Å²) in [6, 6.07) is 9.50. The number of nitrogens with one attached hydrogen (secondary N) is 3. The number of nitrogens with two attached hydrogens (primary N) is 1. The molecule has 3 fully saturated rings. The fraction of sp³-hybridized carbons (Fsp3) is 0.609. The molecule has 5 heterocycles. The summed E-state index contributed by atoms with van der Waals surface area (Å²) in [6.45, 7) is 10.0. The third kappa shape index (κ3) is 20.7. The van der Waals surface area contributed by atoms with Gasteiger partial charge in [0.1, 0.15) is 65.0 Å². The number of hydrogen-bond donors (Lipinski definition) is 8. The van der Waals surface area contributed by atoms with Gasteiger partial charge in [-0.05, 0) is 93.8 Å². The summed E-state index contributed by atoms with van der Waals surface area (Å²) < 4.78 is 17.3. The molecule has 9 amide bonds. The molecule has 13 atom stereocenters. The van der Waals surface area contributed by atoms with Crippen LogP contribution < -0.4 is 26.4 Å². The number of likely N-dealkylation sites (N-methyl/N-ethyl adjacent to an activating group) is 3. The molecule has 0 radical (unpaired) electrons. The number of thiazole rings is 1. The molecule has 0 spiro atoms. The van der Waals surface area contributed by atoms with Gasteiger partial charge in [0.2, 0.25) is 41.7 Å². The molecule has 28 nitrogen and oxygen atoms in total. The van der Waals surface area contributed by atoms with Crippen LogP contribution in [0.15, 0.2) is 72.1 Å². The van der Waals surface area contributed by atoms with Gasteiger partial charge in [0, 0.05) is 103 Å². The number of carbonyl (C=O) groups excluding carboxylic acids is 10. The van der Waals surface area contributed by atoms with E-state index in [9.17, 15) is 58.8 Å². The molecular formula is C69H99N11O17S. The van der Waals surface area contributed by atoms with Gasteiger partial charge in [-0.2, -0.15) is 0 Å². The van der Waals surface area contributed by atoms with E-state index in [1.165, 1.54) is 48.5 Å². The molecule has 0 aliphatic carbocycles. The summed E-state index contributed by atoms with van der Waals surface area (Å²) in [5.74, 6) is -5.23. The number of esters is 1. The number of piperazine rings is 1. The van der Waals surface area contributed by atoms with Crippen LogP contribution in [0.5, 0.6) is 5.75 Å². The predicted octanol–water partition coefficient (Wildman–Crippen LogP) is 1.21. The van der Waals surface area contributed by atoms with Crippen molar-refractivity contribution in [2.75, 3.05) is 73.6 Å². The predicted molar refractivity (Wildman–Crippen MR) is 360 cm³/mol. The summed E-state index contributed by atoms with van der Waals surface area (Å²) in [5.41, 5.74) is 7.00. The maximum atomic E-state index is 15.2. The highest BCUT2D eigenvalue weighted by Crippen LogP contribution is 2.33. The van der Waals surface area contributed by atoms with Gasteiger partial charge >= 0.3 is 5.97 Å². The van der Waals surface area contributed by atoms with E-state index in [0.717, 1.165) is 41.2 Å². The number of unbranched alkanes of at least 4 members (excludes halogenated alkanes) is 1. The number of amides is 9. The summed E-state index contributed by atoms with van der Waals surface area (Å²) in [7, 11) is 4.95. The Balaban J connectivity index is 1.13. The molecule has 9 N–H and O–H groups in total. The molecular weight excluding hydrogens is 1290 g/mol. The van der Waals surface area contributed by atoms with Crippen LogP contribution in [0.3, 0.4) is 0 Å². The van der Waals surface area contributed by atoms with Gasteiger partial charge in [0.25, 0.3) is 17.7 Å². The maximum absolute atomic E-state index is 15.2. The Bertz CT molecular complexity index is 3220. The molecule has 3 saturated heterocycles.